The fraction of sp³-hybridized carbons (Fsp3) is 0.333. The number of nitrogens with zero attached hydrogens (tertiary/aromatic N) is 2. The van der Waals surface area contributed by atoms with Crippen molar-refractivity contribution in [1.82, 2.24) is 0 Å². The van der Waals surface area contributed by atoms with Crippen molar-refractivity contribution in [2.24, 2.45) is 9.98 Å². The highest BCUT2D eigenvalue weighted by Gasteiger charge is 1.91. The van der Waals surface area contributed by atoms with E-state index >= 15 is 0 Å². The molecular formula is C3HClN2O2. The van der Waals surface area contributed by atoms with Crippen molar-refractivity contribution in [3.63, 3.8) is 0 Å². The molecule has 0 aliphatic rings. The molecule has 0 fully saturated rings. The predicted molar refractivity (Wildman–Crippen MR) is 25.9 cm³/mol. The number of aliphatic imine (C=N–C) groups is 2. The second-order valence-corrected chi connectivity index (χ2v) is 1.14. The Bertz CT molecular complexity index is 139. The molecule has 0 atom stereocenters. The van der Waals surface area contributed by atoms with Crippen LogP contribution in [0.2, 0.25) is 0 Å². The molecule has 42 valence electrons. The molecule has 0 heterocycles. The van der Waals surface area contributed by atoms with E-state index in [9.17, 15) is 9.59 Å². The molecule has 0 bridgehead atoms. The zero-order valence-corrected chi connectivity index (χ0v) is 4.42. The van der Waals surface area contributed by atoms with Crippen LogP contribution in [0.1, 0.15) is 0 Å². The molecule has 5 heteroatoms. The number of isocyanates is 2. The molecule has 0 aromatic rings. The maximum atomic E-state index is 9.32. The van der Waals surface area contributed by atoms with Gasteiger partial charge in [-0.3, -0.25) is 0 Å². The summed E-state index contributed by atoms with van der Waals surface area (Å²) in [5, 5.41) is 0. The largest absolute Gasteiger partial charge is 0.238 e. The van der Waals surface area contributed by atoms with Crippen molar-refractivity contribution in [3.05, 3.63) is 0 Å². The molecule has 4 nitrogen and oxygen atoms in total. The molecule has 0 amide bonds. The molecule has 0 aromatic heterocycles. The van der Waals surface area contributed by atoms with Crippen molar-refractivity contribution >= 4 is 23.8 Å². The van der Waals surface area contributed by atoms with Gasteiger partial charge < -0.3 is 0 Å². The topological polar surface area (TPSA) is 58.9 Å². The van der Waals surface area contributed by atoms with E-state index in [-0.39, 0.29) is 0 Å². The first-order valence-corrected chi connectivity index (χ1v) is 2.03. The molecule has 0 aromatic carbocycles. The third-order valence-corrected chi connectivity index (χ3v) is 0.514. The van der Waals surface area contributed by atoms with Gasteiger partial charge in [0, 0.05) is 0 Å². The van der Waals surface area contributed by atoms with Gasteiger partial charge in [-0.05, 0) is 0 Å². The highest BCUT2D eigenvalue weighted by atomic mass is 35.5. The number of carbonyl (C=O) groups excluding carboxylic acids is 2. The Balaban J connectivity index is 3.82. The Kier molecular flexibility index (Phi) is 3.71. The molecule has 0 N–H and O–H groups in total. The average molecular weight is 133 g/mol. The van der Waals surface area contributed by atoms with Crippen molar-refractivity contribution in [1.29, 1.82) is 0 Å². The highest BCUT2D eigenvalue weighted by Crippen LogP contribution is 1.94. The second kappa shape index (κ2) is 4.22. The van der Waals surface area contributed by atoms with E-state index in [0.29, 0.717) is 0 Å². The maximum Gasteiger partial charge on any atom is 0.238 e. The Labute approximate surface area is 49.9 Å². The van der Waals surface area contributed by atoms with E-state index in [2.05, 4.69) is 9.98 Å². The second-order valence-electron chi connectivity index (χ2n) is 0.751. The molecule has 0 rings (SSSR count). The van der Waals surface area contributed by atoms with Crippen molar-refractivity contribution in [2.45, 2.75) is 5.62 Å². The summed E-state index contributed by atoms with van der Waals surface area (Å²) < 4.78 is 0. The summed E-state index contributed by atoms with van der Waals surface area (Å²) >= 11 is 5.02. The Morgan fingerprint density at radius 3 is 1.88 bits per heavy atom. The van der Waals surface area contributed by atoms with Crippen molar-refractivity contribution in [3.8, 4) is 0 Å². The minimum atomic E-state index is -1.16. The number of alkyl halides is 1. The molecule has 0 unspecified atom stereocenters. The minimum absolute atomic E-state index is 1.12. The summed E-state index contributed by atoms with van der Waals surface area (Å²) in [5.41, 5.74) is -1.16. The highest BCUT2D eigenvalue weighted by molar-refractivity contribution is 6.20. The lowest BCUT2D eigenvalue weighted by Gasteiger charge is -1.81. The smallest absolute Gasteiger partial charge is 0.211 e. The lowest BCUT2D eigenvalue weighted by molar-refractivity contribution is 0.558. The van der Waals surface area contributed by atoms with E-state index in [1.807, 2.05) is 0 Å². The molecule has 0 aliphatic carbocycles. The first kappa shape index (κ1) is 7.05. The first-order valence-electron chi connectivity index (χ1n) is 1.59. The zero-order valence-electron chi connectivity index (χ0n) is 3.67. The van der Waals surface area contributed by atoms with Gasteiger partial charge in [-0.25, -0.2) is 9.59 Å². The number of rotatable bonds is 2. The number of halogens is 1. The summed E-state index contributed by atoms with van der Waals surface area (Å²) in [7, 11) is 0. The average Bonchev–Trinajstić information content (AvgIpc) is 1.68. The van der Waals surface area contributed by atoms with Crippen LogP contribution in [0.4, 0.5) is 0 Å². The summed E-state index contributed by atoms with van der Waals surface area (Å²) in [6.45, 7) is 0. The molecule has 0 saturated carbocycles. The molecule has 0 spiro atoms. The van der Waals surface area contributed by atoms with Crippen LogP contribution in [0, 0.1) is 0 Å². The van der Waals surface area contributed by atoms with Crippen LogP contribution in [0.25, 0.3) is 0 Å². The third-order valence-electron chi connectivity index (χ3n) is 0.318. The van der Waals surface area contributed by atoms with Gasteiger partial charge in [0.25, 0.3) is 0 Å². The quantitative estimate of drug-likeness (QED) is 0.233. The summed E-state index contributed by atoms with van der Waals surface area (Å²) in [5.74, 6) is 0. The maximum absolute atomic E-state index is 9.32. The third kappa shape index (κ3) is 3.25. The molecule has 8 heavy (non-hydrogen) atoms. The Hall–Kier alpha value is -0.950. The molecular weight excluding hydrogens is 131 g/mol. The number of hydrogen-bond acceptors (Lipinski definition) is 4. The number of hydrogen-bond donors (Lipinski definition) is 0. The van der Waals surface area contributed by atoms with E-state index in [1.54, 1.807) is 0 Å². The lowest BCUT2D eigenvalue weighted by Crippen LogP contribution is -1.83. The van der Waals surface area contributed by atoms with Crippen LogP contribution >= 0.6 is 11.6 Å². The standard InChI is InChI=1S/C3HClN2O2/c4-3(5-1-7)6-2-8/h3H. The van der Waals surface area contributed by atoms with E-state index in [1.165, 1.54) is 0 Å². The monoisotopic (exact) mass is 132 g/mol. The van der Waals surface area contributed by atoms with Gasteiger partial charge in [0.1, 0.15) is 0 Å². The Morgan fingerprint density at radius 2 is 1.62 bits per heavy atom. The minimum Gasteiger partial charge on any atom is -0.211 e. The summed E-state index contributed by atoms with van der Waals surface area (Å²) in [6.07, 6.45) is 2.25. The van der Waals surface area contributed by atoms with Crippen LogP contribution in [0.5, 0.6) is 0 Å². The van der Waals surface area contributed by atoms with Gasteiger partial charge in [-0.15, -0.1) is 0 Å². The van der Waals surface area contributed by atoms with Gasteiger partial charge in [0.2, 0.25) is 17.8 Å². The zero-order chi connectivity index (χ0) is 6.41. The van der Waals surface area contributed by atoms with Gasteiger partial charge in [0.05, 0.1) is 0 Å². The van der Waals surface area contributed by atoms with Crippen molar-refractivity contribution < 1.29 is 9.59 Å². The fourth-order valence-corrected chi connectivity index (χ4v) is 0.196. The van der Waals surface area contributed by atoms with Crippen LogP contribution in [-0.2, 0) is 9.59 Å². The van der Waals surface area contributed by atoms with Gasteiger partial charge >= 0.3 is 0 Å². The van der Waals surface area contributed by atoms with Gasteiger partial charge in [-0.1, -0.05) is 11.6 Å². The van der Waals surface area contributed by atoms with E-state index < -0.39 is 5.62 Å². The molecule has 0 aliphatic heterocycles. The van der Waals surface area contributed by atoms with Crippen LogP contribution in [0.3, 0.4) is 0 Å². The molecule has 0 saturated heterocycles. The van der Waals surface area contributed by atoms with E-state index in [4.69, 9.17) is 11.6 Å². The summed E-state index contributed by atoms with van der Waals surface area (Å²) in [6, 6.07) is 0. The van der Waals surface area contributed by atoms with Gasteiger partial charge in [0.15, 0.2) is 0 Å². The summed E-state index contributed by atoms with van der Waals surface area (Å²) in [4.78, 5) is 24.3. The molecule has 0 radical (unpaired) electrons. The normalized spacial score (nSPS) is 10.6. The first-order chi connectivity index (χ1) is 3.81. The fourth-order valence-electron chi connectivity index (χ4n) is 0.116. The Morgan fingerprint density at radius 1 is 1.25 bits per heavy atom. The lowest BCUT2D eigenvalue weighted by atomic mass is 11.1. The SMILES string of the molecule is O=C=NC(Cl)N=C=O. The van der Waals surface area contributed by atoms with Crippen LogP contribution < -0.4 is 0 Å². The van der Waals surface area contributed by atoms with E-state index in [0.717, 1.165) is 12.2 Å². The van der Waals surface area contributed by atoms with Crippen molar-refractivity contribution in [2.75, 3.05) is 0 Å². The van der Waals surface area contributed by atoms with Crippen LogP contribution in [0.15, 0.2) is 9.98 Å². The van der Waals surface area contributed by atoms with Crippen LogP contribution in [-0.4, -0.2) is 17.8 Å². The van der Waals surface area contributed by atoms with Gasteiger partial charge in [-0.2, -0.15) is 9.98 Å². The predicted octanol–water partition coefficient (Wildman–Crippen LogP) is 0.180.